The average Bonchev–Trinajstić information content (AvgIpc) is 2.75. The van der Waals surface area contributed by atoms with Crippen LogP contribution in [0, 0.1) is 17.0 Å². The van der Waals surface area contributed by atoms with Gasteiger partial charge in [-0.3, -0.25) is 20.0 Å². The Morgan fingerprint density at radius 3 is 2.84 bits per heavy atom. The highest BCUT2D eigenvalue weighted by atomic mass is 16.6. The van der Waals surface area contributed by atoms with Gasteiger partial charge in [0.1, 0.15) is 5.69 Å². The van der Waals surface area contributed by atoms with Gasteiger partial charge in [0.25, 0.3) is 11.6 Å². The number of hydrogen-bond donors (Lipinski definition) is 3. The molecule has 19 heavy (non-hydrogen) atoms. The number of nitrogens with one attached hydrogen (secondary N) is 2. The van der Waals surface area contributed by atoms with E-state index in [0.29, 0.717) is 0 Å². The van der Waals surface area contributed by atoms with Gasteiger partial charge in [-0.1, -0.05) is 6.07 Å². The van der Waals surface area contributed by atoms with Crippen LogP contribution in [-0.4, -0.2) is 26.0 Å². The van der Waals surface area contributed by atoms with Crippen LogP contribution in [-0.2, 0) is 0 Å². The van der Waals surface area contributed by atoms with Crippen LogP contribution in [0.4, 0.5) is 17.3 Å². The molecule has 0 aliphatic carbocycles. The third kappa shape index (κ3) is 2.65. The predicted molar refractivity (Wildman–Crippen MR) is 66.6 cm³/mol. The molecular formula is C10H10N6O3. The lowest BCUT2D eigenvalue weighted by molar-refractivity contribution is -0.383. The first-order valence-corrected chi connectivity index (χ1v) is 5.21. The summed E-state index contributed by atoms with van der Waals surface area (Å²) in [5.41, 5.74) is 5.93. The Balaban J connectivity index is 2.30. The maximum atomic E-state index is 11.8. The molecule has 0 saturated heterocycles. The molecule has 4 N–H and O–H groups in total. The van der Waals surface area contributed by atoms with Crippen LogP contribution in [0.25, 0.3) is 0 Å². The van der Waals surface area contributed by atoms with Gasteiger partial charge in [0.2, 0.25) is 11.8 Å². The van der Waals surface area contributed by atoms with E-state index < -0.39 is 10.8 Å². The molecule has 0 radical (unpaired) electrons. The zero-order chi connectivity index (χ0) is 14.0. The number of rotatable bonds is 3. The molecule has 9 nitrogen and oxygen atoms in total. The molecule has 0 saturated carbocycles. The summed E-state index contributed by atoms with van der Waals surface area (Å²) in [6.07, 6.45) is 0. The SMILES string of the molecule is Cc1ccc([N+](=O)[O-])c(NC(=O)c2nc(N)n[nH]2)c1. The fourth-order valence-corrected chi connectivity index (χ4v) is 1.47. The summed E-state index contributed by atoms with van der Waals surface area (Å²) in [4.78, 5) is 25.7. The van der Waals surface area contributed by atoms with Crippen LogP contribution in [0.2, 0.25) is 0 Å². The molecule has 0 aliphatic heterocycles. The largest absolute Gasteiger partial charge is 0.366 e. The topological polar surface area (TPSA) is 140 Å². The van der Waals surface area contributed by atoms with Gasteiger partial charge < -0.3 is 11.1 Å². The quantitative estimate of drug-likeness (QED) is 0.553. The van der Waals surface area contributed by atoms with Crippen molar-refractivity contribution in [3.63, 3.8) is 0 Å². The summed E-state index contributed by atoms with van der Waals surface area (Å²) in [6.45, 7) is 1.76. The van der Waals surface area contributed by atoms with Gasteiger partial charge in [0, 0.05) is 6.07 Å². The molecular weight excluding hydrogens is 252 g/mol. The van der Waals surface area contributed by atoms with E-state index in [-0.39, 0.29) is 23.1 Å². The summed E-state index contributed by atoms with van der Waals surface area (Å²) in [7, 11) is 0. The van der Waals surface area contributed by atoms with Crippen molar-refractivity contribution in [1.29, 1.82) is 0 Å². The summed E-state index contributed by atoms with van der Waals surface area (Å²) >= 11 is 0. The predicted octanol–water partition coefficient (Wildman–Crippen LogP) is 0.856. The van der Waals surface area contributed by atoms with Crippen molar-refractivity contribution in [3.05, 3.63) is 39.7 Å². The van der Waals surface area contributed by atoms with Crippen molar-refractivity contribution >= 4 is 23.2 Å². The number of nitrogens with two attached hydrogens (primary N) is 1. The van der Waals surface area contributed by atoms with Gasteiger partial charge in [0.15, 0.2) is 0 Å². The van der Waals surface area contributed by atoms with E-state index in [4.69, 9.17) is 5.73 Å². The molecule has 1 aromatic carbocycles. The van der Waals surface area contributed by atoms with Crippen LogP contribution in [0.3, 0.4) is 0 Å². The smallest absolute Gasteiger partial charge is 0.293 e. The molecule has 1 heterocycles. The van der Waals surface area contributed by atoms with Crippen molar-refractivity contribution < 1.29 is 9.72 Å². The number of aromatic amines is 1. The highest BCUT2D eigenvalue weighted by molar-refractivity contribution is 6.03. The molecule has 0 unspecified atom stereocenters. The Kier molecular flexibility index (Phi) is 3.10. The summed E-state index contributed by atoms with van der Waals surface area (Å²) < 4.78 is 0. The fraction of sp³-hybridized carbons (Fsp3) is 0.100. The Labute approximate surface area is 107 Å². The molecule has 0 fully saturated rings. The monoisotopic (exact) mass is 262 g/mol. The van der Waals surface area contributed by atoms with Gasteiger partial charge in [-0.05, 0) is 18.6 Å². The van der Waals surface area contributed by atoms with Gasteiger partial charge in [0.05, 0.1) is 4.92 Å². The number of H-pyrrole nitrogens is 1. The van der Waals surface area contributed by atoms with Gasteiger partial charge in [-0.25, -0.2) is 0 Å². The number of aryl methyl sites for hydroxylation is 1. The highest BCUT2D eigenvalue weighted by Crippen LogP contribution is 2.25. The van der Waals surface area contributed by atoms with Crippen molar-refractivity contribution in [3.8, 4) is 0 Å². The van der Waals surface area contributed by atoms with E-state index in [1.54, 1.807) is 13.0 Å². The van der Waals surface area contributed by atoms with Crippen molar-refractivity contribution in [2.24, 2.45) is 0 Å². The van der Waals surface area contributed by atoms with Crippen molar-refractivity contribution in [2.75, 3.05) is 11.1 Å². The number of benzene rings is 1. The lowest BCUT2D eigenvalue weighted by Crippen LogP contribution is -2.15. The summed E-state index contributed by atoms with van der Waals surface area (Å²) in [6, 6.07) is 4.40. The normalized spacial score (nSPS) is 10.2. The number of carbonyl (C=O) groups is 1. The first-order chi connectivity index (χ1) is 8.97. The van der Waals surface area contributed by atoms with E-state index >= 15 is 0 Å². The minimum atomic E-state index is -0.655. The second-order valence-corrected chi connectivity index (χ2v) is 3.77. The molecule has 2 rings (SSSR count). The molecule has 0 spiro atoms. The third-order valence-corrected chi connectivity index (χ3v) is 2.31. The molecule has 1 aromatic heterocycles. The lowest BCUT2D eigenvalue weighted by Gasteiger charge is -2.05. The maximum Gasteiger partial charge on any atom is 0.293 e. The van der Waals surface area contributed by atoms with Gasteiger partial charge in [-0.2, -0.15) is 4.98 Å². The number of nitrogens with zero attached hydrogens (tertiary/aromatic N) is 3. The van der Waals surface area contributed by atoms with E-state index in [1.807, 2.05) is 0 Å². The standard InChI is InChI=1S/C10H10N6O3/c1-5-2-3-7(16(18)19)6(4-5)12-9(17)8-13-10(11)15-14-8/h2-4H,1H3,(H,12,17)(H3,11,13,14,15). The number of carbonyl (C=O) groups excluding carboxylic acids is 1. The molecule has 98 valence electrons. The number of nitro benzene ring substituents is 1. The van der Waals surface area contributed by atoms with E-state index in [0.717, 1.165) is 5.56 Å². The second kappa shape index (κ2) is 4.72. The lowest BCUT2D eigenvalue weighted by atomic mass is 10.2. The van der Waals surface area contributed by atoms with Crippen molar-refractivity contribution in [1.82, 2.24) is 15.2 Å². The molecule has 0 atom stereocenters. The van der Waals surface area contributed by atoms with Crippen molar-refractivity contribution in [2.45, 2.75) is 6.92 Å². The van der Waals surface area contributed by atoms with Crippen LogP contribution in [0.1, 0.15) is 16.2 Å². The number of aromatic nitrogens is 3. The van der Waals surface area contributed by atoms with Crippen LogP contribution >= 0.6 is 0 Å². The maximum absolute atomic E-state index is 11.8. The van der Waals surface area contributed by atoms with Crippen LogP contribution in [0.5, 0.6) is 0 Å². The molecule has 1 amide bonds. The number of nitro groups is 1. The first kappa shape index (κ1) is 12.5. The Morgan fingerprint density at radius 1 is 1.53 bits per heavy atom. The molecule has 0 aliphatic rings. The number of nitrogen functional groups attached to an aromatic ring is 1. The van der Waals surface area contributed by atoms with Crippen LogP contribution in [0.15, 0.2) is 18.2 Å². The fourth-order valence-electron chi connectivity index (χ4n) is 1.47. The van der Waals surface area contributed by atoms with E-state index in [2.05, 4.69) is 20.5 Å². The summed E-state index contributed by atoms with van der Waals surface area (Å²) in [5, 5.41) is 19.1. The number of amides is 1. The third-order valence-electron chi connectivity index (χ3n) is 2.31. The molecule has 2 aromatic rings. The number of anilines is 2. The second-order valence-electron chi connectivity index (χ2n) is 3.77. The van der Waals surface area contributed by atoms with Gasteiger partial charge >= 0.3 is 0 Å². The minimum absolute atomic E-state index is 0.0797. The van der Waals surface area contributed by atoms with E-state index in [1.165, 1.54) is 12.1 Å². The zero-order valence-corrected chi connectivity index (χ0v) is 9.88. The van der Waals surface area contributed by atoms with Gasteiger partial charge in [-0.15, -0.1) is 5.10 Å². The Morgan fingerprint density at radius 2 is 2.26 bits per heavy atom. The summed E-state index contributed by atoms with van der Waals surface area (Å²) in [5.74, 6) is -0.852. The Bertz CT molecular complexity index is 650. The minimum Gasteiger partial charge on any atom is -0.366 e. The molecule has 9 heteroatoms. The highest BCUT2D eigenvalue weighted by Gasteiger charge is 2.18. The zero-order valence-electron chi connectivity index (χ0n) is 9.88. The van der Waals surface area contributed by atoms with Crippen LogP contribution < -0.4 is 11.1 Å². The Hall–Kier alpha value is -2.97. The average molecular weight is 262 g/mol. The first-order valence-electron chi connectivity index (χ1n) is 5.21. The number of hydrogen-bond acceptors (Lipinski definition) is 6. The van der Waals surface area contributed by atoms with E-state index in [9.17, 15) is 14.9 Å². The molecule has 0 bridgehead atoms.